The second-order valence-corrected chi connectivity index (χ2v) is 12.7. The lowest BCUT2D eigenvalue weighted by Gasteiger charge is -2.21. The van der Waals surface area contributed by atoms with Crippen LogP contribution >= 0.6 is 0 Å². The largest absolute Gasteiger partial charge is 0.390 e. The van der Waals surface area contributed by atoms with Gasteiger partial charge in [-0.1, -0.05) is 134 Å². The van der Waals surface area contributed by atoms with Crippen molar-refractivity contribution < 1.29 is 0 Å². The number of hydrogen-bond acceptors (Lipinski definition) is 2. The van der Waals surface area contributed by atoms with Crippen molar-refractivity contribution in [3.05, 3.63) is 174 Å². The molecule has 0 amide bonds. The van der Waals surface area contributed by atoms with Gasteiger partial charge in [-0.3, -0.25) is 0 Å². The molecule has 0 bridgehead atoms. The summed E-state index contributed by atoms with van der Waals surface area (Å²) in [7, 11) is 0. The maximum Gasteiger partial charge on any atom is 0.0439 e. The molecule has 2 nitrogen and oxygen atoms in total. The minimum atomic E-state index is 0.450. The molecule has 1 aliphatic rings. The molecule has 1 aliphatic carbocycles. The van der Waals surface area contributed by atoms with Crippen molar-refractivity contribution in [2.45, 2.75) is 59.8 Å². The number of benzene rings is 5. The molecular formula is C46H50N2. The highest BCUT2D eigenvalue weighted by Gasteiger charge is 2.16. The Morgan fingerprint density at radius 3 is 1.73 bits per heavy atom. The third kappa shape index (κ3) is 9.04. The first-order valence-electron chi connectivity index (χ1n) is 17.4. The molecule has 0 saturated carbocycles. The Morgan fingerprint density at radius 2 is 1.17 bits per heavy atom. The fourth-order valence-electron chi connectivity index (χ4n) is 6.38. The lowest BCUT2D eigenvalue weighted by atomic mass is 9.83. The number of rotatable bonds is 10. The van der Waals surface area contributed by atoms with Gasteiger partial charge in [0.1, 0.15) is 0 Å². The van der Waals surface area contributed by atoms with Crippen LogP contribution in [0.1, 0.15) is 62.6 Å². The number of para-hydroxylation sites is 1. The summed E-state index contributed by atoms with van der Waals surface area (Å²) >= 11 is 0. The fourth-order valence-corrected chi connectivity index (χ4v) is 6.38. The van der Waals surface area contributed by atoms with Crippen molar-refractivity contribution in [3.8, 4) is 33.4 Å². The lowest BCUT2D eigenvalue weighted by molar-refractivity contribution is 0.779. The van der Waals surface area contributed by atoms with E-state index in [0.717, 1.165) is 13.0 Å². The standard InChI is InChI=1S/C34H32.C12H18N2/c1-3-11-26-18-19-31(20-25(26)2)29-16-10-17-30(21-29)34-23-32(27-12-6-4-7-13-27)22-33(24-34)28-14-8-5-9-15-28;1-4-13-8-9-14-12-10(2)6-5-7-11(12)3/h4-10,12-19,21-24,31H,3,11,20H2,1-2H3;5-9,13-14H,4H2,1-3H3/b;9-8-. The third-order valence-electron chi connectivity index (χ3n) is 9.03. The van der Waals surface area contributed by atoms with Crippen LogP contribution in [0, 0.1) is 13.8 Å². The molecule has 0 spiro atoms. The average molecular weight is 631 g/mol. The van der Waals surface area contributed by atoms with E-state index in [0.29, 0.717) is 5.92 Å². The number of hydrogen-bond donors (Lipinski definition) is 2. The van der Waals surface area contributed by atoms with Gasteiger partial charge in [0.15, 0.2) is 0 Å². The van der Waals surface area contributed by atoms with Crippen LogP contribution in [0.4, 0.5) is 5.69 Å². The first kappa shape index (κ1) is 34.3. The summed E-state index contributed by atoms with van der Waals surface area (Å²) in [6.07, 6.45) is 12.1. The van der Waals surface area contributed by atoms with Crippen LogP contribution in [0.5, 0.6) is 0 Å². The Kier molecular flexibility index (Phi) is 12.3. The molecule has 48 heavy (non-hydrogen) atoms. The van der Waals surface area contributed by atoms with E-state index in [-0.39, 0.29) is 0 Å². The molecule has 1 unspecified atom stereocenters. The van der Waals surface area contributed by atoms with E-state index in [9.17, 15) is 0 Å². The zero-order chi connectivity index (χ0) is 33.7. The van der Waals surface area contributed by atoms with Gasteiger partial charge in [0.05, 0.1) is 0 Å². The van der Waals surface area contributed by atoms with E-state index in [2.05, 4.69) is 179 Å². The normalized spacial score (nSPS) is 14.1. The van der Waals surface area contributed by atoms with Crippen LogP contribution in [0.3, 0.4) is 0 Å². The summed E-state index contributed by atoms with van der Waals surface area (Å²) in [5.74, 6) is 0.450. The van der Waals surface area contributed by atoms with E-state index in [1.165, 1.54) is 79.7 Å². The summed E-state index contributed by atoms with van der Waals surface area (Å²) in [4.78, 5) is 0. The Balaban J connectivity index is 0.000000271. The Labute approximate surface area is 289 Å². The van der Waals surface area contributed by atoms with Crippen molar-refractivity contribution in [1.29, 1.82) is 0 Å². The average Bonchev–Trinajstić information content (AvgIpc) is 3.13. The smallest absolute Gasteiger partial charge is 0.0439 e. The van der Waals surface area contributed by atoms with Crippen LogP contribution in [-0.4, -0.2) is 6.54 Å². The summed E-state index contributed by atoms with van der Waals surface area (Å²) in [6.45, 7) is 11.8. The Hall–Kier alpha value is -5.08. The molecule has 2 heteroatoms. The first-order chi connectivity index (χ1) is 23.5. The van der Waals surface area contributed by atoms with Gasteiger partial charge >= 0.3 is 0 Å². The SMILES string of the molecule is CCCC1=C(C)CC(c2cccc(-c3cc(-c4ccccc4)cc(-c4ccccc4)c3)c2)C=C1.CCN/C=C\Nc1c(C)cccc1C. The Morgan fingerprint density at radius 1 is 0.604 bits per heavy atom. The predicted octanol–water partition coefficient (Wildman–Crippen LogP) is 12.6. The fraction of sp³-hybridized carbons (Fsp3) is 0.217. The van der Waals surface area contributed by atoms with Crippen molar-refractivity contribution in [3.63, 3.8) is 0 Å². The van der Waals surface area contributed by atoms with E-state index in [1.54, 1.807) is 0 Å². The molecule has 5 aromatic rings. The molecule has 0 fully saturated rings. The molecule has 2 N–H and O–H groups in total. The minimum Gasteiger partial charge on any atom is -0.390 e. The maximum absolute atomic E-state index is 3.27. The van der Waals surface area contributed by atoms with Crippen molar-refractivity contribution in [2.75, 3.05) is 11.9 Å². The van der Waals surface area contributed by atoms with Gasteiger partial charge in [-0.2, -0.15) is 0 Å². The molecule has 0 aromatic heterocycles. The first-order valence-corrected chi connectivity index (χ1v) is 17.4. The van der Waals surface area contributed by atoms with Crippen LogP contribution < -0.4 is 10.6 Å². The third-order valence-corrected chi connectivity index (χ3v) is 9.03. The summed E-state index contributed by atoms with van der Waals surface area (Å²) in [5.41, 5.74) is 15.7. The molecule has 244 valence electrons. The van der Waals surface area contributed by atoms with Gasteiger partial charge in [0.2, 0.25) is 0 Å². The topological polar surface area (TPSA) is 24.1 Å². The van der Waals surface area contributed by atoms with Gasteiger partial charge in [0.25, 0.3) is 0 Å². The zero-order valence-corrected chi connectivity index (χ0v) is 29.3. The molecule has 6 rings (SSSR count). The maximum atomic E-state index is 3.27. The quantitative estimate of drug-likeness (QED) is 0.160. The molecule has 0 radical (unpaired) electrons. The van der Waals surface area contributed by atoms with Crippen molar-refractivity contribution >= 4 is 5.69 Å². The van der Waals surface area contributed by atoms with E-state index >= 15 is 0 Å². The monoisotopic (exact) mass is 630 g/mol. The van der Waals surface area contributed by atoms with Crippen LogP contribution in [0.25, 0.3) is 33.4 Å². The van der Waals surface area contributed by atoms with Gasteiger partial charge in [-0.15, -0.1) is 0 Å². The van der Waals surface area contributed by atoms with E-state index in [4.69, 9.17) is 0 Å². The number of aryl methyl sites for hydroxylation is 2. The predicted molar refractivity (Wildman–Crippen MR) is 209 cm³/mol. The highest BCUT2D eigenvalue weighted by Crippen LogP contribution is 2.37. The number of allylic oxidation sites excluding steroid dienone is 4. The highest BCUT2D eigenvalue weighted by molar-refractivity contribution is 5.81. The number of nitrogens with one attached hydrogen (secondary N) is 2. The molecule has 0 heterocycles. The molecular weight excluding hydrogens is 581 g/mol. The van der Waals surface area contributed by atoms with Gasteiger partial charge in [0, 0.05) is 30.5 Å². The minimum absolute atomic E-state index is 0.450. The van der Waals surface area contributed by atoms with Crippen LogP contribution in [-0.2, 0) is 0 Å². The van der Waals surface area contributed by atoms with Gasteiger partial charge in [-0.25, -0.2) is 0 Å². The second kappa shape index (κ2) is 17.2. The number of anilines is 1. The van der Waals surface area contributed by atoms with E-state index < -0.39 is 0 Å². The molecule has 5 aromatic carbocycles. The molecule has 0 saturated heterocycles. The second-order valence-electron chi connectivity index (χ2n) is 12.7. The van der Waals surface area contributed by atoms with Crippen LogP contribution in [0.15, 0.2) is 157 Å². The molecule has 1 atom stereocenters. The van der Waals surface area contributed by atoms with Crippen molar-refractivity contribution in [1.82, 2.24) is 5.32 Å². The zero-order valence-electron chi connectivity index (χ0n) is 29.3. The summed E-state index contributed by atoms with van der Waals surface area (Å²) in [6, 6.07) is 43.8. The van der Waals surface area contributed by atoms with Gasteiger partial charge in [-0.05, 0) is 114 Å². The summed E-state index contributed by atoms with van der Waals surface area (Å²) in [5, 5.41) is 6.39. The lowest BCUT2D eigenvalue weighted by Crippen LogP contribution is -2.03. The highest BCUT2D eigenvalue weighted by atomic mass is 14.9. The van der Waals surface area contributed by atoms with Crippen LogP contribution in [0.2, 0.25) is 0 Å². The molecule has 0 aliphatic heterocycles. The van der Waals surface area contributed by atoms with Crippen molar-refractivity contribution in [2.24, 2.45) is 0 Å². The van der Waals surface area contributed by atoms with Gasteiger partial charge < -0.3 is 10.6 Å². The Bertz CT molecular complexity index is 1780. The van der Waals surface area contributed by atoms with E-state index in [1.807, 2.05) is 12.4 Å². The summed E-state index contributed by atoms with van der Waals surface area (Å²) < 4.78 is 0.